The first kappa shape index (κ1) is 24.4. The van der Waals surface area contributed by atoms with Crippen molar-refractivity contribution < 1.29 is 23.8 Å². The van der Waals surface area contributed by atoms with E-state index in [4.69, 9.17) is 20.8 Å². The Labute approximate surface area is 210 Å². The maximum atomic E-state index is 13.2. The number of nitrogens with zero attached hydrogens (tertiary/aromatic N) is 3. The minimum absolute atomic E-state index is 0.185. The van der Waals surface area contributed by atoms with Gasteiger partial charge in [-0.3, -0.25) is 14.5 Å². The van der Waals surface area contributed by atoms with Gasteiger partial charge in [0.2, 0.25) is 11.8 Å². The number of carbonyl (C=O) groups is 2. The molecule has 0 aliphatic rings. The number of pyridine rings is 1. The van der Waals surface area contributed by atoms with Gasteiger partial charge in [-0.1, -0.05) is 17.7 Å². The van der Waals surface area contributed by atoms with Crippen molar-refractivity contribution in [1.82, 2.24) is 9.97 Å². The minimum Gasteiger partial charge on any atom is -0.481 e. The standard InChI is InChI=1S/C25H22ClN3O5S/c1-29(24(32)17(12-23(30)31)10-18-4-3-9-34-18)25-28-21(14-35-25)19-11-15(5-7-20(19)26)16-6-8-22(33-2)27-13-16/h3-9,11,13-14,17H,10,12H2,1-2H3,(H,30,31). The summed E-state index contributed by atoms with van der Waals surface area (Å²) in [6.07, 6.45) is 3.08. The molecule has 4 rings (SSSR count). The van der Waals surface area contributed by atoms with Crippen LogP contribution in [0.5, 0.6) is 5.88 Å². The van der Waals surface area contributed by atoms with E-state index in [2.05, 4.69) is 9.97 Å². The van der Waals surface area contributed by atoms with E-state index in [9.17, 15) is 14.7 Å². The van der Waals surface area contributed by atoms with Gasteiger partial charge in [0.05, 0.1) is 36.4 Å². The maximum Gasteiger partial charge on any atom is 0.304 e. The number of halogens is 1. The topological polar surface area (TPSA) is 106 Å². The number of hydrogen-bond acceptors (Lipinski definition) is 7. The third-order valence-electron chi connectivity index (χ3n) is 5.43. The first-order chi connectivity index (χ1) is 16.9. The lowest BCUT2D eigenvalue weighted by molar-refractivity contribution is -0.140. The van der Waals surface area contributed by atoms with Crippen molar-refractivity contribution in [2.45, 2.75) is 12.8 Å². The molecule has 180 valence electrons. The van der Waals surface area contributed by atoms with Gasteiger partial charge < -0.3 is 14.3 Å². The van der Waals surface area contributed by atoms with Crippen LogP contribution in [0.1, 0.15) is 12.2 Å². The summed E-state index contributed by atoms with van der Waals surface area (Å²) in [6.45, 7) is 0. The van der Waals surface area contributed by atoms with Crippen LogP contribution in [0.3, 0.4) is 0 Å². The summed E-state index contributed by atoms with van der Waals surface area (Å²) >= 11 is 7.75. The Morgan fingerprint density at radius 2 is 2.03 bits per heavy atom. The predicted molar refractivity (Wildman–Crippen MR) is 134 cm³/mol. The van der Waals surface area contributed by atoms with E-state index < -0.39 is 11.9 Å². The Hall–Kier alpha value is -3.69. The van der Waals surface area contributed by atoms with Crippen molar-refractivity contribution >= 4 is 39.9 Å². The van der Waals surface area contributed by atoms with Crippen LogP contribution < -0.4 is 9.64 Å². The van der Waals surface area contributed by atoms with Gasteiger partial charge in [-0.15, -0.1) is 11.3 Å². The molecule has 1 unspecified atom stereocenters. The molecule has 0 bridgehead atoms. The highest BCUT2D eigenvalue weighted by atomic mass is 35.5. The average Bonchev–Trinajstić information content (AvgIpc) is 3.55. The number of carboxylic acids is 1. The van der Waals surface area contributed by atoms with Gasteiger partial charge in [-0.25, -0.2) is 9.97 Å². The zero-order chi connectivity index (χ0) is 24.9. The van der Waals surface area contributed by atoms with Gasteiger partial charge in [-0.05, 0) is 35.9 Å². The molecule has 8 nitrogen and oxygen atoms in total. The van der Waals surface area contributed by atoms with Crippen LogP contribution in [0.15, 0.2) is 64.7 Å². The van der Waals surface area contributed by atoms with Crippen LogP contribution >= 0.6 is 22.9 Å². The van der Waals surface area contributed by atoms with Gasteiger partial charge in [0, 0.05) is 42.2 Å². The van der Waals surface area contributed by atoms with Crippen LogP contribution in [-0.4, -0.2) is 41.1 Å². The Morgan fingerprint density at radius 1 is 1.23 bits per heavy atom. The Balaban J connectivity index is 1.57. The van der Waals surface area contributed by atoms with Gasteiger partial charge in [0.1, 0.15) is 5.76 Å². The van der Waals surface area contributed by atoms with E-state index in [1.807, 2.05) is 23.6 Å². The SMILES string of the molecule is COc1ccc(-c2ccc(Cl)c(-c3csc(N(C)C(=O)C(CC(=O)O)Cc4ccco4)n3)c2)cn1. The number of furan rings is 1. The van der Waals surface area contributed by atoms with E-state index in [0.29, 0.717) is 33.1 Å². The molecule has 0 saturated heterocycles. The van der Waals surface area contributed by atoms with E-state index in [0.717, 1.165) is 11.1 Å². The largest absolute Gasteiger partial charge is 0.481 e. The van der Waals surface area contributed by atoms with Crippen molar-refractivity contribution in [3.05, 3.63) is 71.1 Å². The fraction of sp³-hybridized carbons (Fsp3) is 0.200. The van der Waals surface area contributed by atoms with Gasteiger partial charge >= 0.3 is 5.97 Å². The van der Waals surface area contributed by atoms with E-state index in [1.54, 1.807) is 44.6 Å². The highest BCUT2D eigenvalue weighted by Gasteiger charge is 2.28. The molecule has 0 saturated carbocycles. The molecule has 3 heterocycles. The van der Waals surface area contributed by atoms with Crippen molar-refractivity contribution in [3.8, 4) is 28.3 Å². The van der Waals surface area contributed by atoms with Crippen molar-refractivity contribution in [1.29, 1.82) is 0 Å². The second-order valence-corrected chi connectivity index (χ2v) is 9.02. The van der Waals surface area contributed by atoms with Gasteiger partial charge in [0.25, 0.3) is 0 Å². The highest BCUT2D eigenvalue weighted by molar-refractivity contribution is 7.14. The molecule has 0 radical (unpaired) electrons. The number of benzene rings is 1. The van der Waals surface area contributed by atoms with Crippen LogP contribution in [-0.2, 0) is 16.0 Å². The average molecular weight is 512 g/mol. The number of thiazole rings is 1. The lowest BCUT2D eigenvalue weighted by Crippen LogP contribution is -2.35. The first-order valence-corrected chi connectivity index (χ1v) is 11.9. The molecule has 1 atom stereocenters. The normalized spacial score (nSPS) is 11.7. The van der Waals surface area contributed by atoms with Crippen LogP contribution in [0, 0.1) is 5.92 Å². The van der Waals surface area contributed by atoms with Crippen molar-refractivity contribution in [2.24, 2.45) is 5.92 Å². The number of carbonyl (C=O) groups excluding carboxylic acids is 1. The van der Waals surface area contributed by atoms with Crippen molar-refractivity contribution in [3.63, 3.8) is 0 Å². The summed E-state index contributed by atoms with van der Waals surface area (Å²) < 4.78 is 10.4. The zero-order valence-electron chi connectivity index (χ0n) is 19.0. The molecule has 10 heteroatoms. The number of anilines is 1. The summed E-state index contributed by atoms with van der Waals surface area (Å²) in [7, 11) is 3.15. The third kappa shape index (κ3) is 5.70. The maximum absolute atomic E-state index is 13.2. The lowest BCUT2D eigenvalue weighted by Gasteiger charge is -2.20. The Morgan fingerprint density at radius 3 is 2.69 bits per heavy atom. The Bertz CT molecular complexity index is 1320. The Kier molecular flexibility index (Phi) is 7.48. The third-order valence-corrected chi connectivity index (χ3v) is 6.68. The molecule has 0 spiro atoms. The zero-order valence-corrected chi connectivity index (χ0v) is 20.5. The number of hydrogen-bond donors (Lipinski definition) is 1. The van der Waals surface area contributed by atoms with Crippen LogP contribution in [0.2, 0.25) is 5.02 Å². The molecule has 1 aromatic carbocycles. The molecule has 0 aliphatic carbocycles. The molecule has 3 aromatic heterocycles. The molecular weight excluding hydrogens is 490 g/mol. The summed E-state index contributed by atoms with van der Waals surface area (Å²) in [4.78, 5) is 34.8. The number of methoxy groups -OCH3 is 1. The second kappa shape index (κ2) is 10.7. The first-order valence-electron chi connectivity index (χ1n) is 10.6. The highest BCUT2D eigenvalue weighted by Crippen LogP contribution is 2.35. The number of rotatable bonds is 9. The van der Waals surface area contributed by atoms with Gasteiger partial charge in [0.15, 0.2) is 5.13 Å². The summed E-state index contributed by atoms with van der Waals surface area (Å²) in [5.74, 6) is -1.12. The summed E-state index contributed by atoms with van der Waals surface area (Å²) in [6, 6.07) is 12.7. The number of aromatic nitrogens is 2. The van der Waals surface area contributed by atoms with Crippen LogP contribution in [0.4, 0.5) is 5.13 Å². The lowest BCUT2D eigenvalue weighted by atomic mass is 9.98. The number of aliphatic carboxylic acids is 1. The van der Waals surface area contributed by atoms with E-state index in [-0.39, 0.29) is 18.7 Å². The summed E-state index contributed by atoms with van der Waals surface area (Å²) in [5, 5.41) is 12.1. The quantitative estimate of drug-likeness (QED) is 0.319. The minimum atomic E-state index is -1.06. The summed E-state index contributed by atoms with van der Waals surface area (Å²) in [5.41, 5.74) is 3.11. The predicted octanol–water partition coefficient (Wildman–Crippen LogP) is 5.42. The second-order valence-electron chi connectivity index (χ2n) is 7.77. The molecule has 35 heavy (non-hydrogen) atoms. The molecular formula is C25H22ClN3O5S. The van der Waals surface area contributed by atoms with E-state index >= 15 is 0 Å². The smallest absolute Gasteiger partial charge is 0.304 e. The fourth-order valence-electron chi connectivity index (χ4n) is 3.61. The molecule has 1 N–H and O–H groups in total. The molecule has 0 aliphatic heterocycles. The van der Waals surface area contributed by atoms with E-state index in [1.165, 1.54) is 22.5 Å². The fourth-order valence-corrected chi connectivity index (χ4v) is 4.62. The van der Waals surface area contributed by atoms with Gasteiger partial charge in [-0.2, -0.15) is 0 Å². The monoisotopic (exact) mass is 511 g/mol. The number of amides is 1. The molecule has 4 aromatic rings. The van der Waals surface area contributed by atoms with Crippen molar-refractivity contribution in [2.75, 3.05) is 19.1 Å². The molecule has 1 amide bonds. The molecule has 0 fully saturated rings. The number of ether oxygens (including phenoxy) is 1. The van der Waals surface area contributed by atoms with Crippen LogP contribution in [0.25, 0.3) is 22.4 Å². The number of carboxylic acid groups (broad SMARTS) is 1.